The van der Waals surface area contributed by atoms with Gasteiger partial charge in [0.25, 0.3) is 0 Å². The van der Waals surface area contributed by atoms with E-state index in [1.165, 1.54) is 16.9 Å². The summed E-state index contributed by atoms with van der Waals surface area (Å²) in [5.74, 6) is 0.121. The van der Waals surface area contributed by atoms with Gasteiger partial charge in [0.05, 0.1) is 13.2 Å². The molecule has 1 N–H and O–H groups in total. The van der Waals surface area contributed by atoms with Crippen LogP contribution in [0.4, 0.5) is 5.00 Å². The predicted molar refractivity (Wildman–Crippen MR) is 139 cm³/mol. The summed E-state index contributed by atoms with van der Waals surface area (Å²) in [6.07, 6.45) is 0.807. The molecule has 0 fully saturated rings. The topological polar surface area (TPSA) is 64.6 Å². The lowest BCUT2D eigenvalue weighted by Crippen LogP contribution is -2.15. The first-order valence-electron chi connectivity index (χ1n) is 11.3. The van der Waals surface area contributed by atoms with Gasteiger partial charge in [-0.15, -0.1) is 11.3 Å². The molecule has 0 atom stereocenters. The van der Waals surface area contributed by atoms with Crippen molar-refractivity contribution < 1.29 is 19.1 Å². The Morgan fingerprint density at radius 1 is 1.00 bits per heavy atom. The number of rotatable bonds is 9. The molecule has 3 rings (SSSR count). The van der Waals surface area contributed by atoms with Crippen LogP contribution in [0.3, 0.4) is 0 Å². The van der Waals surface area contributed by atoms with E-state index in [-0.39, 0.29) is 18.9 Å². The predicted octanol–water partition coefficient (Wildman–Crippen LogP) is 7.28. The fraction of sp³-hybridized carbons (Fsp3) is 0.333. The molecule has 3 aromatic rings. The van der Waals surface area contributed by atoms with Crippen molar-refractivity contribution in [1.29, 1.82) is 0 Å². The van der Waals surface area contributed by atoms with E-state index in [2.05, 4.69) is 5.32 Å². The minimum Gasteiger partial charge on any atom is -0.494 e. The number of thiophene rings is 1. The summed E-state index contributed by atoms with van der Waals surface area (Å²) < 4.78 is 11.1. The van der Waals surface area contributed by atoms with E-state index in [1.54, 1.807) is 6.92 Å². The number of anilines is 1. The second-order valence-electron chi connectivity index (χ2n) is 8.24. The SMILES string of the molecule is CCOC(=O)c1c(-c2ccc(C)c(C)c2)csc1NC(=O)CCCOc1cc(C)c(Cl)c(C)c1. The maximum Gasteiger partial charge on any atom is 0.341 e. The first-order chi connectivity index (χ1) is 16.2. The highest BCUT2D eigenvalue weighted by molar-refractivity contribution is 7.15. The van der Waals surface area contributed by atoms with Crippen molar-refractivity contribution in [2.24, 2.45) is 0 Å². The summed E-state index contributed by atoms with van der Waals surface area (Å²) in [5.41, 5.74) is 6.30. The van der Waals surface area contributed by atoms with Gasteiger partial charge in [-0.05, 0) is 81.0 Å². The lowest BCUT2D eigenvalue weighted by Gasteiger charge is -2.11. The Balaban J connectivity index is 1.67. The molecule has 2 aromatic carbocycles. The van der Waals surface area contributed by atoms with E-state index in [0.717, 1.165) is 38.6 Å². The smallest absolute Gasteiger partial charge is 0.341 e. The Kier molecular flexibility index (Phi) is 8.75. The van der Waals surface area contributed by atoms with Crippen molar-refractivity contribution in [2.45, 2.75) is 47.5 Å². The zero-order chi connectivity index (χ0) is 24.8. The first kappa shape index (κ1) is 25.8. The number of carbonyl (C=O) groups excluding carboxylic acids is 2. The van der Waals surface area contributed by atoms with Crippen LogP contribution in [0.1, 0.15) is 52.4 Å². The summed E-state index contributed by atoms with van der Waals surface area (Å²) in [7, 11) is 0. The third-order valence-electron chi connectivity index (χ3n) is 5.57. The first-order valence-corrected chi connectivity index (χ1v) is 12.5. The van der Waals surface area contributed by atoms with E-state index in [0.29, 0.717) is 23.6 Å². The molecule has 0 saturated carbocycles. The number of ether oxygens (including phenoxy) is 2. The van der Waals surface area contributed by atoms with Crippen LogP contribution in [0, 0.1) is 27.7 Å². The van der Waals surface area contributed by atoms with Crippen LogP contribution in [0.25, 0.3) is 11.1 Å². The summed E-state index contributed by atoms with van der Waals surface area (Å²) in [6.45, 7) is 10.4. The number of amides is 1. The van der Waals surface area contributed by atoms with Gasteiger partial charge in [-0.2, -0.15) is 0 Å². The molecule has 1 aromatic heterocycles. The number of aryl methyl sites for hydroxylation is 4. The Hall–Kier alpha value is -2.83. The van der Waals surface area contributed by atoms with Crippen molar-refractivity contribution in [1.82, 2.24) is 0 Å². The van der Waals surface area contributed by atoms with Gasteiger partial charge >= 0.3 is 5.97 Å². The van der Waals surface area contributed by atoms with Crippen LogP contribution >= 0.6 is 22.9 Å². The van der Waals surface area contributed by atoms with Crippen molar-refractivity contribution >= 4 is 39.8 Å². The molecule has 0 aliphatic rings. The van der Waals surface area contributed by atoms with Crippen LogP contribution in [-0.2, 0) is 9.53 Å². The maximum absolute atomic E-state index is 12.8. The fourth-order valence-corrected chi connectivity index (χ4v) is 4.66. The number of hydrogen-bond donors (Lipinski definition) is 1. The summed E-state index contributed by atoms with van der Waals surface area (Å²) >= 11 is 7.53. The zero-order valence-corrected chi connectivity index (χ0v) is 21.8. The molecule has 34 heavy (non-hydrogen) atoms. The molecule has 1 amide bonds. The van der Waals surface area contributed by atoms with E-state index in [9.17, 15) is 9.59 Å². The molecule has 0 unspecified atom stereocenters. The van der Waals surface area contributed by atoms with Gasteiger partial charge in [0, 0.05) is 22.4 Å². The van der Waals surface area contributed by atoms with Crippen LogP contribution in [0.15, 0.2) is 35.7 Å². The minimum absolute atomic E-state index is 0.175. The normalized spacial score (nSPS) is 10.8. The van der Waals surface area contributed by atoms with E-state index in [1.807, 2.05) is 63.4 Å². The Morgan fingerprint density at radius 2 is 1.71 bits per heavy atom. The quantitative estimate of drug-likeness (QED) is 0.248. The number of nitrogens with one attached hydrogen (secondary N) is 1. The van der Waals surface area contributed by atoms with Crippen LogP contribution in [0.5, 0.6) is 5.75 Å². The van der Waals surface area contributed by atoms with Gasteiger partial charge in [0.1, 0.15) is 16.3 Å². The highest BCUT2D eigenvalue weighted by Gasteiger charge is 2.23. The van der Waals surface area contributed by atoms with Gasteiger partial charge in [-0.25, -0.2) is 4.79 Å². The van der Waals surface area contributed by atoms with Crippen molar-refractivity contribution in [3.63, 3.8) is 0 Å². The van der Waals surface area contributed by atoms with E-state index >= 15 is 0 Å². The van der Waals surface area contributed by atoms with Gasteiger partial charge in [-0.3, -0.25) is 4.79 Å². The Labute approximate surface area is 210 Å². The summed E-state index contributed by atoms with van der Waals surface area (Å²) in [6, 6.07) is 9.83. The third kappa shape index (κ3) is 6.19. The number of esters is 1. The number of halogens is 1. The fourth-order valence-electron chi connectivity index (χ4n) is 3.58. The number of carbonyl (C=O) groups is 2. The molecule has 0 aliphatic heterocycles. The van der Waals surface area contributed by atoms with E-state index < -0.39 is 5.97 Å². The third-order valence-corrected chi connectivity index (χ3v) is 7.06. The molecule has 5 nitrogen and oxygen atoms in total. The molecule has 0 bridgehead atoms. The maximum atomic E-state index is 12.8. The monoisotopic (exact) mass is 499 g/mol. The van der Waals surface area contributed by atoms with Gasteiger partial charge in [-0.1, -0.05) is 29.8 Å². The molecule has 0 spiro atoms. The van der Waals surface area contributed by atoms with E-state index in [4.69, 9.17) is 21.1 Å². The van der Waals surface area contributed by atoms with Crippen LogP contribution in [-0.4, -0.2) is 25.1 Å². The molecule has 180 valence electrons. The Bertz CT molecular complexity index is 1180. The van der Waals surface area contributed by atoms with Crippen LogP contribution < -0.4 is 10.1 Å². The molecule has 0 saturated heterocycles. The second kappa shape index (κ2) is 11.5. The number of benzene rings is 2. The van der Waals surface area contributed by atoms with Gasteiger partial charge in [0.15, 0.2) is 0 Å². The van der Waals surface area contributed by atoms with Gasteiger partial charge in [0.2, 0.25) is 5.91 Å². The highest BCUT2D eigenvalue weighted by Crippen LogP contribution is 2.37. The zero-order valence-electron chi connectivity index (χ0n) is 20.2. The van der Waals surface area contributed by atoms with Crippen molar-refractivity contribution in [2.75, 3.05) is 18.5 Å². The molecule has 0 radical (unpaired) electrons. The van der Waals surface area contributed by atoms with Crippen molar-refractivity contribution in [3.8, 4) is 16.9 Å². The van der Waals surface area contributed by atoms with Gasteiger partial charge < -0.3 is 14.8 Å². The number of hydrogen-bond acceptors (Lipinski definition) is 5. The molecular formula is C27H30ClNO4S. The second-order valence-corrected chi connectivity index (χ2v) is 9.50. The average molecular weight is 500 g/mol. The molecule has 0 aliphatic carbocycles. The van der Waals surface area contributed by atoms with Crippen LogP contribution in [0.2, 0.25) is 5.02 Å². The summed E-state index contributed by atoms with van der Waals surface area (Å²) in [5, 5.41) is 6.02. The average Bonchev–Trinajstić information content (AvgIpc) is 3.20. The Morgan fingerprint density at radius 3 is 2.35 bits per heavy atom. The largest absolute Gasteiger partial charge is 0.494 e. The molecule has 7 heteroatoms. The lowest BCUT2D eigenvalue weighted by atomic mass is 9.99. The lowest BCUT2D eigenvalue weighted by molar-refractivity contribution is -0.116. The highest BCUT2D eigenvalue weighted by atomic mass is 35.5. The minimum atomic E-state index is -0.441. The molecular weight excluding hydrogens is 470 g/mol. The van der Waals surface area contributed by atoms with Crippen molar-refractivity contribution in [3.05, 3.63) is 68.6 Å². The summed E-state index contributed by atoms with van der Waals surface area (Å²) in [4.78, 5) is 25.4. The standard InChI is InChI=1S/C27H30ClNO4S/c1-6-32-27(31)24-22(20-10-9-16(2)17(3)12-20)15-34-26(24)29-23(30)8-7-11-33-21-13-18(4)25(28)19(5)14-21/h9-10,12-15H,6-8,11H2,1-5H3,(H,29,30). The molecule has 1 heterocycles.